The molecule has 0 unspecified atom stereocenters. The van der Waals surface area contributed by atoms with Gasteiger partial charge in [0.1, 0.15) is 12.4 Å². The first-order chi connectivity index (χ1) is 14.7. The largest absolute Gasteiger partial charge is 0.489 e. The van der Waals surface area contributed by atoms with E-state index in [0.717, 1.165) is 12.3 Å². The maximum absolute atomic E-state index is 6.22. The summed E-state index contributed by atoms with van der Waals surface area (Å²) in [6, 6.07) is 24.3. The molecule has 0 aliphatic heterocycles. The van der Waals surface area contributed by atoms with Crippen molar-refractivity contribution in [1.29, 1.82) is 0 Å². The van der Waals surface area contributed by atoms with Crippen molar-refractivity contribution in [3.05, 3.63) is 89.0 Å². The molecule has 156 valence electrons. The molecule has 2 heteroatoms. The Labute approximate surface area is 181 Å². The van der Waals surface area contributed by atoms with E-state index in [2.05, 4.69) is 85.9 Å². The molecule has 1 N–H and O–H groups in total. The summed E-state index contributed by atoms with van der Waals surface area (Å²) >= 11 is 0. The molecule has 0 heterocycles. The number of ether oxygens (including phenoxy) is 1. The Morgan fingerprint density at radius 3 is 2.43 bits per heavy atom. The van der Waals surface area contributed by atoms with Gasteiger partial charge in [-0.15, -0.1) is 0 Å². The Morgan fingerprint density at radius 1 is 0.867 bits per heavy atom. The SMILES string of the molecule is Cc1cc(CNC2CCCCC2)ccc1OCc1cccc(-c2ccccc2)c1C. The van der Waals surface area contributed by atoms with E-state index in [1.165, 1.54) is 65.5 Å². The van der Waals surface area contributed by atoms with Crippen LogP contribution in [0.2, 0.25) is 0 Å². The van der Waals surface area contributed by atoms with Crippen molar-refractivity contribution in [2.75, 3.05) is 0 Å². The fourth-order valence-electron chi connectivity index (χ4n) is 4.48. The summed E-state index contributed by atoms with van der Waals surface area (Å²) in [5.41, 5.74) is 7.59. The third-order valence-corrected chi connectivity index (χ3v) is 6.35. The minimum Gasteiger partial charge on any atom is -0.489 e. The monoisotopic (exact) mass is 399 g/mol. The Bertz CT molecular complexity index is 958. The molecule has 0 aromatic heterocycles. The molecular formula is C28H33NO. The van der Waals surface area contributed by atoms with E-state index in [4.69, 9.17) is 4.74 Å². The lowest BCUT2D eigenvalue weighted by molar-refractivity contribution is 0.303. The van der Waals surface area contributed by atoms with Crippen molar-refractivity contribution < 1.29 is 4.74 Å². The van der Waals surface area contributed by atoms with Crippen LogP contribution in [0.15, 0.2) is 66.7 Å². The van der Waals surface area contributed by atoms with Gasteiger partial charge < -0.3 is 10.1 Å². The lowest BCUT2D eigenvalue weighted by Crippen LogP contribution is -2.30. The van der Waals surface area contributed by atoms with Gasteiger partial charge in [-0.3, -0.25) is 0 Å². The summed E-state index contributed by atoms with van der Waals surface area (Å²) < 4.78 is 6.22. The summed E-state index contributed by atoms with van der Waals surface area (Å²) in [6.07, 6.45) is 6.78. The van der Waals surface area contributed by atoms with E-state index >= 15 is 0 Å². The van der Waals surface area contributed by atoms with E-state index in [0.29, 0.717) is 12.6 Å². The quantitative estimate of drug-likeness (QED) is 0.463. The Morgan fingerprint density at radius 2 is 1.67 bits per heavy atom. The van der Waals surface area contributed by atoms with Gasteiger partial charge in [0.25, 0.3) is 0 Å². The van der Waals surface area contributed by atoms with Crippen molar-refractivity contribution >= 4 is 0 Å². The molecule has 1 fully saturated rings. The molecule has 3 aromatic carbocycles. The summed E-state index contributed by atoms with van der Waals surface area (Å²) in [7, 11) is 0. The van der Waals surface area contributed by atoms with Gasteiger partial charge in [0.15, 0.2) is 0 Å². The molecule has 1 aliphatic carbocycles. The minimum absolute atomic E-state index is 0.590. The Hall–Kier alpha value is -2.58. The first-order valence-corrected chi connectivity index (χ1v) is 11.3. The first kappa shape index (κ1) is 20.7. The third kappa shape index (κ3) is 5.12. The fraction of sp³-hybridized carbons (Fsp3) is 0.357. The van der Waals surface area contributed by atoms with Crippen molar-refractivity contribution in [3.63, 3.8) is 0 Å². The molecule has 30 heavy (non-hydrogen) atoms. The molecule has 3 aromatic rings. The fourth-order valence-corrected chi connectivity index (χ4v) is 4.48. The molecule has 0 atom stereocenters. The molecule has 2 nitrogen and oxygen atoms in total. The third-order valence-electron chi connectivity index (χ3n) is 6.35. The van der Waals surface area contributed by atoms with Crippen LogP contribution in [0.3, 0.4) is 0 Å². The lowest BCUT2D eigenvalue weighted by atomic mass is 9.95. The Kier molecular flexibility index (Phi) is 6.86. The van der Waals surface area contributed by atoms with Crippen LogP contribution in [0.1, 0.15) is 54.4 Å². The van der Waals surface area contributed by atoms with Gasteiger partial charge in [-0.1, -0.05) is 79.9 Å². The van der Waals surface area contributed by atoms with E-state index in [-0.39, 0.29) is 0 Å². The summed E-state index contributed by atoms with van der Waals surface area (Å²) in [5, 5.41) is 3.73. The van der Waals surface area contributed by atoms with Gasteiger partial charge in [0.2, 0.25) is 0 Å². The second kappa shape index (κ2) is 9.95. The van der Waals surface area contributed by atoms with Gasteiger partial charge in [-0.05, 0) is 66.1 Å². The number of hydrogen-bond donors (Lipinski definition) is 1. The molecule has 0 spiro atoms. The molecular weight excluding hydrogens is 366 g/mol. The van der Waals surface area contributed by atoms with Crippen molar-refractivity contribution in [1.82, 2.24) is 5.32 Å². The Balaban J connectivity index is 1.39. The van der Waals surface area contributed by atoms with Crippen LogP contribution < -0.4 is 10.1 Å². The van der Waals surface area contributed by atoms with E-state index in [9.17, 15) is 0 Å². The standard InChI is InChI=1S/C28H33NO/c1-21-18-23(19-29-26-13-7-4-8-14-26)16-17-28(21)30-20-25-12-9-15-27(22(25)2)24-10-5-3-6-11-24/h3,5-6,9-12,15-18,26,29H,4,7-8,13-14,19-20H2,1-2H3. The van der Waals surface area contributed by atoms with Gasteiger partial charge in [-0.2, -0.15) is 0 Å². The number of nitrogens with one attached hydrogen (secondary N) is 1. The normalized spacial score (nSPS) is 14.6. The van der Waals surface area contributed by atoms with Crippen LogP contribution in [0.5, 0.6) is 5.75 Å². The predicted molar refractivity (Wildman–Crippen MR) is 126 cm³/mol. The van der Waals surface area contributed by atoms with Gasteiger partial charge in [0, 0.05) is 12.6 Å². The van der Waals surface area contributed by atoms with Crippen LogP contribution in [0, 0.1) is 13.8 Å². The number of aryl methyl sites for hydroxylation is 1. The van der Waals surface area contributed by atoms with Crippen molar-refractivity contribution in [3.8, 4) is 16.9 Å². The van der Waals surface area contributed by atoms with Crippen LogP contribution >= 0.6 is 0 Å². The minimum atomic E-state index is 0.590. The molecule has 1 aliphatic rings. The van der Waals surface area contributed by atoms with Gasteiger partial charge in [0.05, 0.1) is 0 Å². The van der Waals surface area contributed by atoms with E-state index < -0.39 is 0 Å². The highest BCUT2D eigenvalue weighted by molar-refractivity contribution is 5.68. The predicted octanol–water partition coefficient (Wildman–Crippen LogP) is 6.97. The summed E-state index contributed by atoms with van der Waals surface area (Å²) in [6.45, 7) is 5.87. The molecule has 0 amide bonds. The number of hydrogen-bond acceptors (Lipinski definition) is 2. The van der Waals surface area contributed by atoms with Crippen molar-refractivity contribution in [2.45, 2.75) is 65.1 Å². The highest BCUT2D eigenvalue weighted by atomic mass is 16.5. The summed E-state index contributed by atoms with van der Waals surface area (Å²) in [5.74, 6) is 0.973. The zero-order valence-corrected chi connectivity index (χ0v) is 18.3. The smallest absolute Gasteiger partial charge is 0.122 e. The average molecular weight is 400 g/mol. The maximum Gasteiger partial charge on any atom is 0.122 e. The van der Waals surface area contributed by atoms with Gasteiger partial charge in [-0.25, -0.2) is 0 Å². The highest BCUT2D eigenvalue weighted by Gasteiger charge is 2.13. The summed E-state index contributed by atoms with van der Waals surface area (Å²) in [4.78, 5) is 0. The van der Waals surface area contributed by atoms with Crippen LogP contribution in [0.4, 0.5) is 0 Å². The molecule has 0 bridgehead atoms. The molecule has 0 saturated heterocycles. The second-order valence-electron chi connectivity index (χ2n) is 8.56. The van der Waals surface area contributed by atoms with Crippen molar-refractivity contribution in [2.24, 2.45) is 0 Å². The number of rotatable bonds is 7. The first-order valence-electron chi connectivity index (χ1n) is 11.3. The van der Waals surface area contributed by atoms with Crippen LogP contribution in [-0.2, 0) is 13.2 Å². The van der Waals surface area contributed by atoms with Crippen LogP contribution in [-0.4, -0.2) is 6.04 Å². The maximum atomic E-state index is 6.22. The van der Waals surface area contributed by atoms with E-state index in [1.54, 1.807) is 0 Å². The number of benzene rings is 3. The average Bonchev–Trinajstić information content (AvgIpc) is 2.79. The zero-order chi connectivity index (χ0) is 20.8. The van der Waals surface area contributed by atoms with E-state index in [1.807, 2.05) is 0 Å². The van der Waals surface area contributed by atoms with Crippen LogP contribution in [0.25, 0.3) is 11.1 Å². The van der Waals surface area contributed by atoms with Gasteiger partial charge >= 0.3 is 0 Å². The lowest BCUT2D eigenvalue weighted by Gasteiger charge is -2.23. The molecule has 1 saturated carbocycles. The second-order valence-corrected chi connectivity index (χ2v) is 8.56. The highest BCUT2D eigenvalue weighted by Crippen LogP contribution is 2.27. The zero-order valence-electron chi connectivity index (χ0n) is 18.3. The molecule has 0 radical (unpaired) electrons. The molecule has 4 rings (SSSR count). The topological polar surface area (TPSA) is 21.3 Å².